The lowest BCUT2D eigenvalue weighted by molar-refractivity contribution is -0.119. The SMILES string of the molecule is Cc1cc(/C=N\NC(=O)CN(c2cccc(F)c2)S(C)(=O)=O)c(C)n1-c1ccc(Br)cc1. The molecule has 0 aliphatic carbocycles. The standard InChI is InChI=1S/C22H22BrFN4O3S/c1-15-11-17(16(2)28(15)20-9-7-18(23)8-10-20)13-25-26-22(29)14-27(32(3,30)31)21-6-4-5-19(24)12-21/h4-13H,14H2,1-3H3,(H,26,29)/b25-13-. The smallest absolute Gasteiger partial charge is 0.260 e. The number of aromatic nitrogens is 1. The first-order chi connectivity index (χ1) is 15.1. The first kappa shape index (κ1) is 23.7. The summed E-state index contributed by atoms with van der Waals surface area (Å²) in [6, 6.07) is 14.8. The van der Waals surface area contributed by atoms with Gasteiger partial charge in [0.1, 0.15) is 12.4 Å². The Morgan fingerprint density at radius 1 is 1.19 bits per heavy atom. The van der Waals surface area contributed by atoms with Crippen molar-refractivity contribution in [3.63, 3.8) is 0 Å². The molecule has 0 unspecified atom stereocenters. The highest BCUT2D eigenvalue weighted by Crippen LogP contribution is 2.22. The average molecular weight is 521 g/mol. The summed E-state index contributed by atoms with van der Waals surface area (Å²) in [6.07, 6.45) is 2.45. The molecule has 1 heterocycles. The van der Waals surface area contributed by atoms with Crippen LogP contribution in [0.3, 0.4) is 0 Å². The number of nitrogens with zero attached hydrogens (tertiary/aromatic N) is 3. The maximum absolute atomic E-state index is 13.5. The maximum Gasteiger partial charge on any atom is 0.260 e. The van der Waals surface area contributed by atoms with Crippen LogP contribution in [0.1, 0.15) is 17.0 Å². The van der Waals surface area contributed by atoms with Gasteiger partial charge in [-0.3, -0.25) is 9.10 Å². The van der Waals surface area contributed by atoms with Crippen molar-refractivity contribution in [3.05, 3.63) is 81.8 Å². The molecular weight excluding hydrogens is 499 g/mol. The van der Waals surface area contributed by atoms with Crippen molar-refractivity contribution in [2.24, 2.45) is 5.10 Å². The fourth-order valence-corrected chi connectivity index (χ4v) is 4.39. The van der Waals surface area contributed by atoms with Crippen LogP contribution in [0, 0.1) is 19.7 Å². The number of halogens is 2. The summed E-state index contributed by atoms with van der Waals surface area (Å²) in [5.74, 6) is -1.26. The Bertz CT molecular complexity index is 1270. The largest absolute Gasteiger partial charge is 0.318 e. The molecule has 32 heavy (non-hydrogen) atoms. The van der Waals surface area contributed by atoms with Crippen LogP contribution >= 0.6 is 15.9 Å². The number of hydrogen-bond acceptors (Lipinski definition) is 4. The highest BCUT2D eigenvalue weighted by atomic mass is 79.9. The Morgan fingerprint density at radius 3 is 2.50 bits per heavy atom. The first-order valence-corrected chi connectivity index (χ1v) is 12.2. The molecule has 1 aromatic heterocycles. The summed E-state index contributed by atoms with van der Waals surface area (Å²) >= 11 is 3.43. The third kappa shape index (κ3) is 5.63. The van der Waals surface area contributed by atoms with Gasteiger partial charge in [-0.15, -0.1) is 0 Å². The summed E-state index contributed by atoms with van der Waals surface area (Å²) in [6.45, 7) is 3.37. The first-order valence-electron chi connectivity index (χ1n) is 9.56. The van der Waals surface area contributed by atoms with E-state index >= 15 is 0 Å². The predicted molar refractivity (Wildman–Crippen MR) is 127 cm³/mol. The van der Waals surface area contributed by atoms with Crippen molar-refractivity contribution in [2.45, 2.75) is 13.8 Å². The van der Waals surface area contributed by atoms with E-state index in [0.717, 1.165) is 43.7 Å². The molecule has 0 aliphatic heterocycles. The molecule has 168 valence electrons. The molecule has 0 radical (unpaired) electrons. The molecule has 0 saturated carbocycles. The number of carbonyl (C=O) groups is 1. The lowest BCUT2D eigenvalue weighted by Gasteiger charge is -2.21. The molecular formula is C22H22BrFN4O3S. The third-order valence-corrected chi connectivity index (χ3v) is 6.40. The number of carbonyl (C=O) groups excluding carboxylic acids is 1. The zero-order valence-electron chi connectivity index (χ0n) is 17.7. The van der Waals surface area contributed by atoms with E-state index in [1.54, 1.807) is 0 Å². The number of benzene rings is 2. The van der Waals surface area contributed by atoms with Crippen LogP contribution < -0.4 is 9.73 Å². The van der Waals surface area contributed by atoms with Crippen molar-refractivity contribution in [1.29, 1.82) is 0 Å². The number of hydrogen-bond donors (Lipinski definition) is 1. The summed E-state index contributed by atoms with van der Waals surface area (Å²) in [5, 5.41) is 3.97. The lowest BCUT2D eigenvalue weighted by Crippen LogP contribution is -2.39. The predicted octanol–water partition coefficient (Wildman–Crippen LogP) is 3.91. The van der Waals surface area contributed by atoms with Gasteiger partial charge in [-0.1, -0.05) is 22.0 Å². The fraction of sp³-hybridized carbons (Fsp3) is 0.182. The minimum absolute atomic E-state index is 0.0599. The molecule has 0 aliphatic rings. The number of rotatable bonds is 7. The molecule has 1 amide bonds. The van der Waals surface area contributed by atoms with E-state index in [-0.39, 0.29) is 5.69 Å². The average Bonchev–Trinajstić information content (AvgIpc) is 2.99. The number of aryl methyl sites for hydroxylation is 1. The Kier molecular flexibility index (Phi) is 7.15. The fourth-order valence-electron chi connectivity index (χ4n) is 3.28. The zero-order chi connectivity index (χ0) is 23.5. The van der Waals surface area contributed by atoms with Gasteiger partial charge in [0.2, 0.25) is 10.0 Å². The van der Waals surface area contributed by atoms with Gasteiger partial charge in [-0.25, -0.2) is 18.2 Å². The molecule has 0 fully saturated rings. The number of hydrazone groups is 1. The molecule has 3 aromatic rings. The quantitative estimate of drug-likeness (QED) is 0.378. The molecule has 0 atom stereocenters. The van der Waals surface area contributed by atoms with E-state index in [1.807, 2.05) is 44.2 Å². The Hall–Kier alpha value is -2.98. The molecule has 0 spiro atoms. The molecule has 1 N–H and O–H groups in total. The highest BCUT2D eigenvalue weighted by Gasteiger charge is 2.21. The lowest BCUT2D eigenvalue weighted by atomic mass is 10.2. The second-order valence-electron chi connectivity index (χ2n) is 7.18. The highest BCUT2D eigenvalue weighted by molar-refractivity contribution is 9.10. The monoisotopic (exact) mass is 520 g/mol. The summed E-state index contributed by atoms with van der Waals surface area (Å²) in [7, 11) is -3.80. The number of sulfonamides is 1. The van der Waals surface area contributed by atoms with Crippen molar-refractivity contribution < 1.29 is 17.6 Å². The molecule has 0 saturated heterocycles. The van der Waals surface area contributed by atoms with E-state index in [1.165, 1.54) is 24.4 Å². The van der Waals surface area contributed by atoms with Crippen LogP contribution in [0.25, 0.3) is 5.69 Å². The van der Waals surface area contributed by atoms with Crippen LogP contribution in [0.2, 0.25) is 0 Å². The van der Waals surface area contributed by atoms with Gasteiger partial charge in [-0.2, -0.15) is 5.10 Å². The topological polar surface area (TPSA) is 83.8 Å². The molecule has 2 aromatic carbocycles. The van der Waals surface area contributed by atoms with Crippen LogP contribution in [0.4, 0.5) is 10.1 Å². The molecule has 10 heteroatoms. The van der Waals surface area contributed by atoms with Crippen molar-refractivity contribution in [3.8, 4) is 5.69 Å². The Balaban J connectivity index is 1.73. The van der Waals surface area contributed by atoms with E-state index < -0.39 is 28.3 Å². The molecule has 0 bridgehead atoms. The van der Waals surface area contributed by atoms with Crippen molar-refractivity contribution in [1.82, 2.24) is 9.99 Å². The van der Waals surface area contributed by atoms with Crippen LogP contribution in [-0.2, 0) is 14.8 Å². The van der Waals surface area contributed by atoms with Crippen LogP contribution in [0.15, 0.2) is 64.2 Å². The summed E-state index contributed by atoms with van der Waals surface area (Å²) in [5.41, 5.74) is 6.11. The summed E-state index contributed by atoms with van der Waals surface area (Å²) in [4.78, 5) is 12.3. The van der Waals surface area contributed by atoms with Gasteiger partial charge in [0.15, 0.2) is 0 Å². The normalized spacial score (nSPS) is 11.7. The van der Waals surface area contributed by atoms with Gasteiger partial charge in [0.25, 0.3) is 5.91 Å². The molecule has 3 rings (SSSR count). The van der Waals surface area contributed by atoms with E-state index in [0.29, 0.717) is 0 Å². The van der Waals surface area contributed by atoms with Crippen LogP contribution in [-0.4, -0.2) is 37.9 Å². The minimum Gasteiger partial charge on any atom is -0.318 e. The maximum atomic E-state index is 13.5. The number of amides is 1. The zero-order valence-corrected chi connectivity index (χ0v) is 20.1. The van der Waals surface area contributed by atoms with Crippen LogP contribution in [0.5, 0.6) is 0 Å². The van der Waals surface area contributed by atoms with Gasteiger partial charge in [-0.05, 0) is 62.4 Å². The van der Waals surface area contributed by atoms with E-state index in [4.69, 9.17) is 0 Å². The van der Waals surface area contributed by atoms with Crippen molar-refractivity contribution in [2.75, 3.05) is 17.1 Å². The molecule has 7 nitrogen and oxygen atoms in total. The van der Waals surface area contributed by atoms with Gasteiger partial charge >= 0.3 is 0 Å². The summed E-state index contributed by atoms with van der Waals surface area (Å²) < 4.78 is 41.6. The van der Waals surface area contributed by atoms with E-state index in [9.17, 15) is 17.6 Å². The number of anilines is 1. The second kappa shape index (κ2) is 9.66. The second-order valence-corrected chi connectivity index (χ2v) is 10.0. The Labute approximate surface area is 194 Å². The number of nitrogens with one attached hydrogen (secondary N) is 1. The van der Waals surface area contributed by atoms with Gasteiger partial charge in [0, 0.05) is 27.1 Å². The minimum atomic E-state index is -3.80. The van der Waals surface area contributed by atoms with E-state index in [2.05, 4.69) is 31.0 Å². The Morgan fingerprint density at radius 2 is 1.88 bits per heavy atom. The van der Waals surface area contributed by atoms with Crippen molar-refractivity contribution >= 4 is 43.8 Å². The van der Waals surface area contributed by atoms with Gasteiger partial charge < -0.3 is 4.57 Å². The van der Waals surface area contributed by atoms with Gasteiger partial charge in [0.05, 0.1) is 18.2 Å². The third-order valence-electron chi connectivity index (χ3n) is 4.73.